The molecule has 5 heteroatoms. The number of carbonyl (C=O) groups is 1. The number of aliphatic hydroxyl groups is 1. The second kappa shape index (κ2) is 4.78. The van der Waals surface area contributed by atoms with Gasteiger partial charge < -0.3 is 14.8 Å². The third kappa shape index (κ3) is 2.09. The summed E-state index contributed by atoms with van der Waals surface area (Å²) in [4.78, 5) is 18.8. The normalized spacial score (nSPS) is 12.9. The Morgan fingerprint density at radius 2 is 2.22 bits per heavy atom. The van der Waals surface area contributed by atoms with Crippen LogP contribution in [0.25, 0.3) is 11.0 Å². The van der Waals surface area contributed by atoms with Crippen molar-refractivity contribution in [2.24, 2.45) is 5.92 Å². The lowest BCUT2D eigenvalue weighted by Crippen LogP contribution is -2.06. The van der Waals surface area contributed by atoms with Crippen LogP contribution in [0.15, 0.2) is 18.3 Å². The molecule has 0 amide bonds. The molecule has 2 rings (SSSR count). The van der Waals surface area contributed by atoms with Crippen molar-refractivity contribution in [3.05, 3.63) is 29.6 Å². The van der Waals surface area contributed by atoms with Gasteiger partial charge in [-0.25, -0.2) is 4.79 Å². The largest absolute Gasteiger partial charge is 0.465 e. The first-order valence-corrected chi connectivity index (χ1v) is 5.78. The van der Waals surface area contributed by atoms with E-state index in [1.807, 2.05) is 13.8 Å². The first kappa shape index (κ1) is 12.6. The van der Waals surface area contributed by atoms with Crippen LogP contribution in [0.2, 0.25) is 0 Å². The molecule has 0 saturated carbocycles. The summed E-state index contributed by atoms with van der Waals surface area (Å²) < 4.78 is 4.71. The van der Waals surface area contributed by atoms with Gasteiger partial charge in [0.15, 0.2) is 0 Å². The van der Waals surface area contributed by atoms with Crippen LogP contribution < -0.4 is 0 Å². The van der Waals surface area contributed by atoms with Crippen molar-refractivity contribution in [3.8, 4) is 0 Å². The number of ether oxygens (including phenoxy) is 1. The number of aliphatic hydroxyl groups excluding tert-OH is 1. The number of rotatable bonds is 3. The smallest absolute Gasteiger partial charge is 0.340 e. The third-order valence-electron chi connectivity index (χ3n) is 2.90. The van der Waals surface area contributed by atoms with E-state index in [-0.39, 0.29) is 5.92 Å². The predicted octanol–water partition coefficient (Wildman–Crippen LogP) is 2.04. The van der Waals surface area contributed by atoms with Gasteiger partial charge in [-0.05, 0) is 18.1 Å². The van der Waals surface area contributed by atoms with Gasteiger partial charge in [0.1, 0.15) is 0 Å². The lowest BCUT2D eigenvalue weighted by atomic mass is 10.1. The molecule has 0 aliphatic rings. The van der Waals surface area contributed by atoms with Gasteiger partial charge in [0.2, 0.25) is 0 Å². The Labute approximate surface area is 105 Å². The van der Waals surface area contributed by atoms with Gasteiger partial charge in [0.25, 0.3) is 0 Å². The maximum atomic E-state index is 11.6. The van der Waals surface area contributed by atoms with Crippen LogP contribution in [0.5, 0.6) is 0 Å². The maximum absolute atomic E-state index is 11.6. The van der Waals surface area contributed by atoms with E-state index in [1.54, 1.807) is 18.3 Å². The standard InChI is InChI=1S/C13H16N2O3/c1-7(2)12(16)10-6-9-11(15-10)8(4-5-14-9)13(17)18-3/h4-7,12,15-16H,1-3H3. The molecule has 0 aromatic carbocycles. The predicted molar refractivity (Wildman–Crippen MR) is 67.2 cm³/mol. The van der Waals surface area contributed by atoms with Gasteiger partial charge in [-0.1, -0.05) is 13.8 Å². The fraction of sp³-hybridized carbons (Fsp3) is 0.385. The van der Waals surface area contributed by atoms with Gasteiger partial charge >= 0.3 is 5.97 Å². The van der Waals surface area contributed by atoms with Gasteiger partial charge in [0, 0.05) is 11.9 Å². The van der Waals surface area contributed by atoms with E-state index in [0.29, 0.717) is 22.3 Å². The zero-order valence-electron chi connectivity index (χ0n) is 10.6. The van der Waals surface area contributed by atoms with Gasteiger partial charge in [-0.3, -0.25) is 4.98 Å². The molecule has 0 radical (unpaired) electrons. The molecule has 2 heterocycles. The Balaban J connectivity index is 2.54. The van der Waals surface area contributed by atoms with E-state index in [0.717, 1.165) is 0 Å². The summed E-state index contributed by atoms with van der Waals surface area (Å²) in [6.07, 6.45) is 0.943. The lowest BCUT2D eigenvalue weighted by molar-refractivity contribution is 0.0602. The van der Waals surface area contributed by atoms with Crippen molar-refractivity contribution in [1.82, 2.24) is 9.97 Å². The molecule has 0 aliphatic heterocycles. The SMILES string of the molecule is COC(=O)c1ccnc2cc(C(O)C(C)C)[nH]c12. The minimum Gasteiger partial charge on any atom is -0.465 e. The summed E-state index contributed by atoms with van der Waals surface area (Å²) in [5.41, 5.74) is 2.32. The Morgan fingerprint density at radius 1 is 1.50 bits per heavy atom. The molecule has 5 nitrogen and oxygen atoms in total. The van der Waals surface area contributed by atoms with Crippen LogP contribution in [0, 0.1) is 5.92 Å². The van der Waals surface area contributed by atoms with Gasteiger partial charge in [-0.15, -0.1) is 0 Å². The summed E-state index contributed by atoms with van der Waals surface area (Å²) in [6, 6.07) is 3.35. The van der Waals surface area contributed by atoms with Crippen molar-refractivity contribution in [3.63, 3.8) is 0 Å². The fourth-order valence-corrected chi connectivity index (χ4v) is 1.84. The van der Waals surface area contributed by atoms with Crippen LogP contribution in [0.4, 0.5) is 0 Å². The number of carbonyl (C=O) groups excluding carboxylic acids is 1. The highest BCUT2D eigenvalue weighted by molar-refractivity contribution is 6.01. The number of fused-ring (bicyclic) bond motifs is 1. The zero-order valence-corrected chi connectivity index (χ0v) is 10.6. The van der Waals surface area contributed by atoms with Crippen molar-refractivity contribution in [2.75, 3.05) is 7.11 Å². The number of pyridine rings is 1. The summed E-state index contributed by atoms with van der Waals surface area (Å²) in [5, 5.41) is 10.0. The van der Waals surface area contributed by atoms with E-state index in [1.165, 1.54) is 7.11 Å². The maximum Gasteiger partial charge on any atom is 0.340 e. The minimum absolute atomic E-state index is 0.0830. The summed E-state index contributed by atoms with van der Waals surface area (Å²) >= 11 is 0. The molecule has 2 N–H and O–H groups in total. The first-order chi connectivity index (χ1) is 8.54. The Kier molecular flexibility index (Phi) is 3.34. The molecular weight excluding hydrogens is 232 g/mol. The summed E-state index contributed by atoms with van der Waals surface area (Å²) in [7, 11) is 1.33. The van der Waals surface area contributed by atoms with E-state index in [4.69, 9.17) is 4.74 Å². The number of nitrogens with zero attached hydrogens (tertiary/aromatic N) is 1. The molecule has 0 fully saturated rings. The Morgan fingerprint density at radius 3 is 2.83 bits per heavy atom. The number of nitrogens with one attached hydrogen (secondary N) is 1. The second-order valence-corrected chi connectivity index (χ2v) is 4.52. The van der Waals surface area contributed by atoms with Crippen LogP contribution in [0.1, 0.15) is 36.0 Å². The molecular formula is C13H16N2O3. The van der Waals surface area contributed by atoms with E-state index < -0.39 is 12.1 Å². The van der Waals surface area contributed by atoms with E-state index >= 15 is 0 Å². The number of aromatic amines is 1. The number of H-pyrrole nitrogens is 1. The molecule has 0 bridgehead atoms. The molecule has 0 spiro atoms. The lowest BCUT2D eigenvalue weighted by Gasteiger charge is -2.11. The van der Waals surface area contributed by atoms with Crippen molar-refractivity contribution in [2.45, 2.75) is 20.0 Å². The molecule has 96 valence electrons. The van der Waals surface area contributed by atoms with Crippen LogP contribution in [-0.2, 0) is 4.74 Å². The fourth-order valence-electron chi connectivity index (χ4n) is 1.84. The number of esters is 1. The second-order valence-electron chi connectivity index (χ2n) is 4.52. The zero-order chi connectivity index (χ0) is 13.3. The van der Waals surface area contributed by atoms with Crippen LogP contribution in [-0.4, -0.2) is 28.2 Å². The van der Waals surface area contributed by atoms with Crippen LogP contribution >= 0.6 is 0 Å². The monoisotopic (exact) mass is 248 g/mol. The quantitative estimate of drug-likeness (QED) is 0.815. The summed E-state index contributed by atoms with van der Waals surface area (Å²) in [5.74, 6) is -0.338. The molecule has 18 heavy (non-hydrogen) atoms. The van der Waals surface area contributed by atoms with Crippen molar-refractivity contribution in [1.29, 1.82) is 0 Å². The number of aromatic nitrogens is 2. The third-order valence-corrected chi connectivity index (χ3v) is 2.90. The van der Waals surface area contributed by atoms with Gasteiger partial charge in [-0.2, -0.15) is 0 Å². The van der Waals surface area contributed by atoms with E-state index in [2.05, 4.69) is 9.97 Å². The summed E-state index contributed by atoms with van der Waals surface area (Å²) in [6.45, 7) is 3.84. The minimum atomic E-state index is -0.607. The first-order valence-electron chi connectivity index (χ1n) is 5.78. The molecule has 1 unspecified atom stereocenters. The topological polar surface area (TPSA) is 75.2 Å². The molecule has 0 saturated heterocycles. The number of hydrogen-bond donors (Lipinski definition) is 2. The Bertz CT molecular complexity index is 575. The molecule has 0 aliphatic carbocycles. The van der Waals surface area contributed by atoms with Crippen molar-refractivity contribution < 1.29 is 14.6 Å². The highest BCUT2D eigenvalue weighted by atomic mass is 16.5. The highest BCUT2D eigenvalue weighted by Gasteiger charge is 2.18. The Hall–Kier alpha value is -1.88. The van der Waals surface area contributed by atoms with Crippen molar-refractivity contribution >= 4 is 17.0 Å². The average Bonchev–Trinajstić information content (AvgIpc) is 2.80. The van der Waals surface area contributed by atoms with Gasteiger partial charge in [0.05, 0.1) is 29.8 Å². The number of hydrogen-bond acceptors (Lipinski definition) is 4. The molecule has 2 aromatic rings. The highest BCUT2D eigenvalue weighted by Crippen LogP contribution is 2.25. The number of methoxy groups -OCH3 is 1. The average molecular weight is 248 g/mol. The van der Waals surface area contributed by atoms with E-state index in [9.17, 15) is 9.90 Å². The molecule has 2 aromatic heterocycles. The molecule has 1 atom stereocenters. The van der Waals surface area contributed by atoms with Crippen LogP contribution in [0.3, 0.4) is 0 Å².